The number of benzene rings is 12. The SMILES string of the molecule is c1ccc(-c2ccccc2-c2ccccc2-c2ccccc2N(c2ccc(-c3cc4ccccc4c4ccccc34)cc2)c2ccc3c(c2)C(c2ccccc2)(c2ccccc2)c2ccccc2-3)cc1. The van der Waals surface area contributed by atoms with Gasteiger partial charge in [-0.3, -0.25) is 0 Å². The average Bonchev–Trinajstić information content (AvgIpc) is 3.74. The van der Waals surface area contributed by atoms with Gasteiger partial charge in [0.05, 0.1) is 11.1 Å². The molecule has 12 aromatic carbocycles. The molecule has 0 aliphatic heterocycles. The van der Waals surface area contributed by atoms with E-state index >= 15 is 0 Å². The monoisotopic (exact) mass is 889 g/mol. The fraction of sp³-hybridized carbons (Fsp3) is 0.0145. The van der Waals surface area contributed by atoms with Gasteiger partial charge >= 0.3 is 0 Å². The topological polar surface area (TPSA) is 3.24 Å². The predicted octanol–water partition coefficient (Wildman–Crippen LogP) is 18.5. The van der Waals surface area contributed by atoms with Crippen molar-refractivity contribution in [3.8, 4) is 55.6 Å². The van der Waals surface area contributed by atoms with Crippen LogP contribution in [0.1, 0.15) is 22.3 Å². The lowest BCUT2D eigenvalue weighted by atomic mass is 9.67. The number of hydrogen-bond acceptors (Lipinski definition) is 1. The number of anilines is 3. The van der Waals surface area contributed by atoms with E-state index in [9.17, 15) is 0 Å². The van der Waals surface area contributed by atoms with E-state index in [1.165, 1.54) is 93.9 Å². The Morgan fingerprint density at radius 3 is 1.39 bits per heavy atom. The summed E-state index contributed by atoms with van der Waals surface area (Å²) in [6.45, 7) is 0. The van der Waals surface area contributed by atoms with Gasteiger partial charge in [-0.1, -0.05) is 249 Å². The van der Waals surface area contributed by atoms with Crippen LogP contribution in [0.25, 0.3) is 77.2 Å². The lowest BCUT2D eigenvalue weighted by molar-refractivity contribution is 0.768. The Kier molecular flexibility index (Phi) is 10.1. The number of nitrogens with zero attached hydrogens (tertiary/aromatic N) is 1. The number of hydrogen-bond donors (Lipinski definition) is 0. The minimum Gasteiger partial charge on any atom is -0.310 e. The lowest BCUT2D eigenvalue weighted by Gasteiger charge is -2.35. The molecule has 0 amide bonds. The van der Waals surface area contributed by atoms with Gasteiger partial charge in [0.2, 0.25) is 0 Å². The van der Waals surface area contributed by atoms with Crippen LogP contribution in [0.2, 0.25) is 0 Å². The molecule has 0 aromatic heterocycles. The zero-order valence-corrected chi connectivity index (χ0v) is 38.6. The minimum absolute atomic E-state index is 0.551. The smallest absolute Gasteiger partial charge is 0.0714 e. The first-order valence-electron chi connectivity index (χ1n) is 24.3. The molecule has 0 spiro atoms. The van der Waals surface area contributed by atoms with Gasteiger partial charge in [-0.2, -0.15) is 0 Å². The van der Waals surface area contributed by atoms with Gasteiger partial charge in [-0.25, -0.2) is 0 Å². The summed E-state index contributed by atoms with van der Waals surface area (Å²) < 4.78 is 0. The second kappa shape index (κ2) is 17.2. The van der Waals surface area contributed by atoms with Crippen molar-refractivity contribution in [2.75, 3.05) is 4.90 Å². The summed E-state index contributed by atoms with van der Waals surface area (Å²) in [5.41, 5.74) is 19.8. The second-order valence-electron chi connectivity index (χ2n) is 18.3. The van der Waals surface area contributed by atoms with Crippen LogP contribution in [0, 0.1) is 0 Å². The van der Waals surface area contributed by atoms with Crippen LogP contribution in [-0.2, 0) is 5.41 Å². The molecule has 1 aliphatic carbocycles. The Morgan fingerprint density at radius 1 is 0.243 bits per heavy atom. The van der Waals surface area contributed by atoms with Crippen LogP contribution in [-0.4, -0.2) is 0 Å². The number of rotatable bonds is 9. The molecule has 0 fully saturated rings. The summed E-state index contributed by atoms with van der Waals surface area (Å²) in [5.74, 6) is 0. The zero-order valence-electron chi connectivity index (χ0n) is 38.6. The van der Waals surface area contributed by atoms with Crippen LogP contribution in [0.4, 0.5) is 17.1 Å². The zero-order chi connectivity index (χ0) is 46.4. The summed E-state index contributed by atoms with van der Waals surface area (Å²) in [7, 11) is 0. The highest BCUT2D eigenvalue weighted by Gasteiger charge is 2.46. The number of para-hydroxylation sites is 1. The van der Waals surface area contributed by atoms with E-state index < -0.39 is 5.41 Å². The molecule has 70 heavy (non-hydrogen) atoms. The van der Waals surface area contributed by atoms with Crippen LogP contribution >= 0.6 is 0 Å². The van der Waals surface area contributed by atoms with E-state index in [4.69, 9.17) is 0 Å². The molecule has 0 radical (unpaired) electrons. The van der Waals surface area contributed by atoms with E-state index in [2.05, 4.69) is 290 Å². The minimum atomic E-state index is -0.551. The summed E-state index contributed by atoms with van der Waals surface area (Å²) in [6, 6.07) is 105. The van der Waals surface area contributed by atoms with Crippen molar-refractivity contribution in [1.29, 1.82) is 0 Å². The highest BCUT2D eigenvalue weighted by atomic mass is 15.1. The fourth-order valence-corrected chi connectivity index (χ4v) is 11.5. The summed E-state index contributed by atoms with van der Waals surface area (Å²) in [5, 5.41) is 5.03. The van der Waals surface area contributed by atoms with E-state index in [0.29, 0.717) is 0 Å². The molecule has 1 nitrogen and oxygen atoms in total. The van der Waals surface area contributed by atoms with Crippen LogP contribution < -0.4 is 4.90 Å². The quantitative estimate of drug-likeness (QED) is 0.131. The normalized spacial score (nSPS) is 12.4. The molecule has 328 valence electrons. The Morgan fingerprint density at radius 2 is 0.700 bits per heavy atom. The lowest BCUT2D eigenvalue weighted by Crippen LogP contribution is -2.28. The van der Waals surface area contributed by atoms with E-state index in [0.717, 1.165) is 22.6 Å². The van der Waals surface area contributed by atoms with Crippen molar-refractivity contribution >= 4 is 38.6 Å². The molecular formula is C69H47N. The van der Waals surface area contributed by atoms with Crippen molar-refractivity contribution in [2.45, 2.75) is 5.41 Å². The maximum absolute atomic E-state index is 2.49. The largest absolute Gasteiger partial charge is 0.310 e. The van der Waals surface area contributed by atoms with Gasteiger partial charge in [-0.15, -0.1) is 0 Å². The molecule has 0 heterocycles. The van der Waals surface area contributed by atoms with Gasteiger partial charge in [0.25, 0.3) is 0 Å². The first-order valence-corrected chi connectivity index (χ1v) is 24.3. The highest BCUT2D eigenvalue weighted by Crippen LogP contribution is 2.58. The molecule has 1 heteroatoms. The van der Waals surface area contributed by atoms with Crippen molar-refractivity contribution in [3.63, 3.8) is 0 Å². The fourth-order valence-electron chi connectivity index (χ4n) is 11.5. The van der Waals surface area contributed by atoms with Gasteiger partial charge in [0.1, 0.15) is 0 Å². The van der Waals surface area contributed by atoms with Crippen LogP contribution in [0.5, 0.6) is 0 Å². The first kappa shape index (κ1) is 41.2. The molecule has 0 unspecified atom stereocenters. The van der Waals surface area contributed by atoms with Crippen molar-refractivity contribution in [1.82, 2.24) is 0 Å². The summed E-state index contributed by atoms with van der Waals surface area (Å²) >= 11 is 0. The standard InChI is InChI=1S/C69H47N/c1-4-22-48(23-5-1)55-29-12-13-31-57(55)59-33-15-16-34-60(59)64-37-19-21-39-68(64)70(53-42-40-49(41-43-53)65-46-50-24-10-11-30-56(50)58-32-14-17-35-61(58)65)54-44-45-63-62-36-18-20-38-66(62)69(67(63)47-54,51-25-6-2-7-26-51)52-27-8-3-9-28-52/h1-47H. The molecule has 0 saturated heterocycles. The van der Waals surface area contributed by atoms with E-state index in [1.807, 2.05) is 0 Å². The van der Waals surface area contributed by atoms with Gasteiger partial charge in [0, 0.05) is 16.9 Å². The van der Waals surface area contributed by atoms with Gasteiger partial charge < -0.3 is 4.90 Å². The Bertz CT molecular complexity index is 3830. The maximum atomic E-state index is 2.49. The molecule has 0 bridgehead atoms. The van der Waals surface area contributed by atoms with Crippen molar-refractivity contribution < 1.29 is 0 Å². The van der Waals surface area contributed by atoms with Crippen molar-refractivity contribution in [3.05, 3.63) is 307 Å². The Hall–Kier alpha value is -9.04. The molecule has 0 saturated carbocycles. The second-order valence-corrected chi connectivity index (χ2v) is 18.3. The van der Waals surface area contributed by atoms with Crippen LogP contribution in [0.15, 0.2) is 285 Å². The van der Waals surface area contributed by atoms with E-state index in [1.54, 1.807) is 0 Å². The Balaban J connectivity index is 1.05. The third-order valence-electron chi connectivity index (χ3n) is 14.6. The predicted molar refractivity (Wildman–Crippen MR) is 295 cm³/mol. The summed E-state index contributed by atoms with van der Waals surface area (Å²) in [6.07, 6.45) is 0. The molecule has 12 aromatic rings. The van der Waals surface area contributed by atoms with Gasteiger partial charge in [-0.05, 0) is 130 Å². The summed E-state index contributed by atoms with van der Waals surface area (Å²) in [4.78, 5) is 2.49. The molecule has 0 N–H and O–H groups in total. The van der Waals surface area contributed by atoms with E-state index in [-0.39, 0.29) is 0 Å². The third kappa shape index (κ3) is 6.70. The molecule has 13 rings (SSSR count). The average molecular weight is 890 g/mol. The maximum Gasteiger partial charge on any atom is 0.0714 e. The molecular weight excluding hydrogens is 843 g/mol. The first-order chi connectivity index (χ1) is 34.8. The number of fused-ring (bicyclic) bond motifs is 6. The van der Waals surface area contributed by atoms with Crippen LogP contribution in [0.3, 0.4) is 0 Å². The molecule has 1 aliphatic rings. The Labute approximate surface area is 409 Å². The van der Waals surface area contributed by atoms with Crippen molar-refractivity contribution in [2.24, 2.45) is 0 Å². The van der Waals surface area contributed by atoms with Gasteiger partial charge in [0.15, 0.2) is 0 Å². The highest BCUT2D eigenvalue weighted by molar-refractivity contribution is 6.14. The third-order valence-corrected chi connectivity index (χ3v) is 14.6. The molecule has 0 atom stereocenters.